The average Bonchev–Trinajstić information content (AvgIpc) is 2.97. The highest BCUT2D eigenvalue weighted by molar-refractivity contribution is 6.31. The van der Waals surface area contributed by atoms with Crippen LogP contribution in [0.5, 0.6) is 5.75 Å². The summed E-state index contributed by atoms with van der Waals surface area (Å²) in [5, 5.41) is 4.77. The van der Waals surface area contributed by atoms with Gasteiger partial charge < -0.3 is 9.64 Å². The number of carbonyl (C=O) groups excluding carboxylic acids is 1. The molecule has 0 spiro atoms. The fourth-order valence-corrected chi connectivity index (χ4v) is 3.02. The Labute approximate surface area is 143 Å². The normalized spacial score (nSPS) is 16.8. The number of rotatable bonds is 1. The van der Waals surface area contributed by atoms with Gasteiger partial charge in [0.15, 0.2) is 5.65 Å². The predicted molar refractivity (Wildman–Crippen MR) is 90.9 cm³/mol. The Morgan fingerprint density at radius 3 is 3.04 bits per heavy atom. The molecule has 1 aromatic carbocycles. The molecule has 0 aliphatic carbocycles. The van der Waals surface area contributed by atoms with Gasteiger partial charge in [0.25, 0.3) is 5.91 Å². The summed E-state index contributed by atoms with van der Waals surface area (Å²) in [6.07, 6.45) is 3.23. The highest BCUT2D eigenvalue weighted by Crippen LogP contribution is 2.36. The molecule has 3 heterocycles. The van der Waals surface area contributed by atoms with Gasteiger partial charge in [-0.15, -0.1) is 0 Å². The van der Waals surface area contributed by atoms with Crippen molar-refractivity contribution in [2.45, 2.75) is 20.0 Å². The van der Waals surface area contributed by atoms with Crippen LogP contribution in [0.4, 0.5) is 5.69 Å². The molecule has 0 saturated heterocycles. The number of fused-ring (bicyclic) bond motifs is 2. The molecule has 0 N–H and O–H groups in total. The maximum absolute atomic E-state index is 13.1. The van der Waals surface area contributed by atoms with E-state index in [-0.39, 0.29) is 12.0 Å². The first kappa shape index (κ1) is 15.0. The van der Waals surface area contributed by atoms with Crippen LogP contribution < -0.4 is 9.64 Å². The molecule has 0 bridgehead atoms. The van der Waals surface area contributed by atoms with Gasteiger partial charge in [0.2, 0.25) is 0 Å². The second-order valence-electron chi connectivity index (χ2n) is 5.85. The number of ether oxygens (including phenoxy) is 1. The third-order valence-corrected chi connectivity index (χ3v) is 4.20. The largest absolute Gasteiger partial charge is 0.487 e. The van der Waals surface area contributed by atoms with Crippen molar-refractivity contribution in [1.82, 2.24) is 14.6 Å². The van der Waals surface area contributed by atoms with E-state index in [1.165, 1.54) is 0 Å². The van der Waals surface area contributed by atoms with Crippen molar-refractivity contribution in [1.29, 1.82) is 0 Å². The van der Waals surface area contributed by atoms with Crippen LogP contribution in [0.1, 0.15) is 23.0 Å². The van der Waals surface area contributed by atoms with Crippen molar-refractivity contribution in [2.75, 3.05) is 11.4 Å². The van der Waals surface area contributed by atoms with Crippen LogP contribution in [-0.2, 0) is 0 Å². The summed E-state index contributed by atoms with van der Waals surface area (Å²) in [6, 6.07) is 7.12. The molecular weight excluding hydrogens is 328 g/mol. The second-order valence-corrected chi connectivity index (χ2v) is 6.29. The van der Waals surface area contributed by atoms with E-state index in [2.05, 4.69) is 10.1 Å². The summed E-state index contributed by atoms with van der Waals surface area (Å²) >= 11 is 6.10. The highest BCUT2D eigenvalue weighted by Gasteiger charge is 2.30. The SMILES string of the molecule is Cc1ccn2ncc(C(=O)N3C[C@H](C)Oc4ccc(Cl)cc43)c2n1. The molecule has 0 unspecified atom stereocenters. The zero-order chi connectivity index (χ0) is 16.8. The number of hydrogen-bond acceptors (Lipinski definition) is 4. The Balaban J connectivity index is 1.82. The molecule has 1 amide bonds. The fourth-order valence-electron chi connectivity index (χ4n) is 2.86. The lowest BCUT2D eigenvalue weighted by Crippen LogP contribution is -2.42. The molecule has 3 aromatic rings. The topological polar surface area (TPSA) is 59.7 Å². The first-order valence-corrected chi connectivity index (χ1v) is 8.00. The Hall–Kier alpha value is -2.60. The summed E-state index contributed by atoms with van der Waals surface area (Å²) < 4.78 is 7.40. The van der Waals surface area contributed by atoms with Gasteiger partial charge in [0, 0.05) is 16.9 Å². The van der Waals surface area contributed by atoms with Gasteiger partial charge in [0.1, 0.15) is 17.4 Å². The number of anilines is 1. The van der Waals surface area contributed by atoms with Crippen molar-refractivity contribution < 1.29 is 9.53 Å². The number of amides is 1. The molecule has 2 aromatic heterocycles. The zero-order valence-corrected chi connectivity index (χ0v) is 14.0. The van der Waals surface area contributed by atoms with Gasteiger partial charge >= 0.3 is 0 Å². The van der Waals surface area contributed by atoms with E-state index in [0.29, 0.717) is 34.2 Å². The molecule has 0 saturated carbocycles. The molecule has 24 heavy (non-hydrogen) atoms. The molecule has 1 aliphatic rings. The first-order valence-electron chi connectivity index (χ1n) is 7.62. The third-order valence-electron chi connectivity index (χ3n) is 3.96. The van der Waals surface area contributed by atoms with Crippen LogP contribution in [-0.4, -0.2) is 33.2 Å². The summed E-state index contributed by atoms with van der Waals surface area (Å²) in [6.45, 7) is 4.25. The molecule has 0 radical (unpaired) electrons. The van der Waals surface area contributed by atoms with Gasteiger partial charge in [-0.1, -0.05) is 11.6 Å². The lowest BCUT2D eigenvalue weighted by Gasteiger charge is -2.33. The van der Waals surface area contributed by atoms with Gasteiger partial charge in [-0.25, -0.2) is 9.50 Å². The third kappa shape index (κ3) is 2.39. The van der Waals surface area contributed by atoms with Crippen LogP contribution in [0.2, 0.25) is 5.02 Å². The van der Waals surface area contributed by atoms with E-state index < -0.39 is 0 Å². The second kappa shape index (κ2) is 5.49. The minimum atomic E-state index is -0.165. The molecule has 7 heteroatoms. The Morgan fingerprint density at radius 1 is 1.38 bits per heavy atom. The van der Waals surface area contributed by atoms with Gasteiger partial charge in [-0.3, -0.25) is 4.79 Å². The number of carbonyl (C=O) groups is 1. The van der Waals surface area contributed by atoms with Crippen LogP contribution in [0.25, 0.3) is 5.65 Å². The van der Waals surface area contributed by atoms with Crippen molar-refractivity contribution in [3.63, 3.8) is 0 Å². The van der Waals surface area contributed by atoms with E-state index in [1.807, 2.05) is 19.9 Å². The lowest BCUT2D eigenvalue weighted by atomic mass is 10.1. The standard InChI is InChI=1S/C17H15ClN4O2/c1-10-5-6-22-16(20-10)13(8-19-22)17(23)21-9-11(2)24-15-4-3-12(18)7-14(15)21/h3-8,11H,9H2,1-2H3/t11-/m0/s1. The Morgan fingerprint density at radius 2 is 2.21 bits per heavy atom. The van der Waals surface area contributed by atoms with Gasteiger partial charge in [-0.05, 0) is 38.1 Å². The van der Waals surface area contributed by atoms with E-state index >= 15 is 0 Å². The summed E-state index contributed by atoms with van der Waals surface area (Å²) in [5.41, 5.74) is 2.50. The van der Waals surface area contributed by atoms with Gasteiger partial charge in [-0.2, -0.15) is 5.10 Å². The summed E-state index contributed by atoms with van der Waals surface area (Å²) in [5.74, 6) is 0.480. The first-order chi connectivity index (χ1) is 11.5. The summed E-state index contributed by atoms with van der Waals surface area (Å²) in [7, 11) is 0. The Kier molecular flexibility index (Phi) is 3.42. The van der Waals surface area contributed by atoms with Crippen LogP contribution in [0, 0.1) is 6.92 Å². The monoisotopic (exact) mass is 342 g/mol. The van der Waals surface area contributed by atoms with E-state index in [1.54, 1.807) is 40.0 Å². The molecule has 1 atom stereocenters. The maximum Gasteiger partial charge on any atom is 0.264 e. The van der Waals surface area contributed by atoms with E-state index in [0.717, 1.165) is 5.69 Å². The van der Waals surface area contributed by atoms with Crippen molar-refractivity contribution in [3.8, 4) is 5.75 Å². The number of hydrogen-bond donors (Lipinski definition) is 0. The molecule has 122 valence electrons. The summed E-state index contributed by atoms with van der Waals surface area (Å²) in [4.78, 5) is 19.3. The number of nitrogens with zero attached hydrogens (tertiary/aromatic N) is 4. The lowest BCUT2D eigenvalue weighted by molar-refractivity contribution is 0.0962. The molecular formula is C17H15ClN4O2. The van der Waals surface area contributed by atoms with Crippen LogP contribution in [0.3, 0.4) is 0 Å². The molecule has 4 rings (SSSR count). The van der Waals surface area contributed by atoms with Crippen molar-refractivity contribution in [3.05, 3.63) is 52.9 Å². The predicted octanol–water partition coefficient (Wildman–Crippen LogP) is 3.12. The molecule has 1 aliphatic heterocycles. The van der Waals surface area contributed by atoms with Crippen LogP contribution >= 0.6 is 11.6 Å². The number of benzene rings is 1. The molecule has 6 nitrogen and oxygen atoms in total. The molecule has 0 fully saturated rings. The number of aryl methyl sites for hydroxylation is 1. The van der Waals surface area contributed by atoms with E-state index in [9.17, 15) is 4.79 Å². The fraction of sp³-hybridized carbons (Fsp3) is 0.235. The van der Waals surface area contributed by atoms with Crippen molar-refractivity contribution in [2.24, 2.45) is 0 Å². The average molecular weight is 343 g/mol. The highest BCUT2D eigenvalue weighted by atomic mass is 35.5. The Bertz CT molecular complexity index is 953. The van der Waals surface area contributed by atoms with Crippen LogP contribution in [0.15, 0.2) is 36.7 Å². The quantitative estimate of drug-likeness (QED) is 0.681. The minimum absolute atomic E-state index is 0.112. The van der Waals surface area contributed by atoms with Crippen molar-refractivity contribution >= 4 is 28.8 Å². The number of aromatic nitrogens is 3. The number of halogens is 1. The smallest absolute Gasteiger partial charge is 0.264 e. The van der Waals surface area contributed by atoms with E-state index in [4.69, 9.17) is 16.3 Å². The minimum Gasteiger partial charge on any atom is -0.487 e. The zero-order valence-electron chi connectivity index (χ0n) is 13.2. The maximum atomic E-state index is 13.1. The van der Waals surface area contributed by atoms with Gasteiger partial charge in [0.05, 0.1) is 18.4 Å².